The Bertz CT molecular complexity index is 1220. The molecule has 2 aliphatic heterocycles. The first-order chi connectivity index (χ1) is 15.2. The van der Waals surface area contributed by atoms with E-state index in [4.69, 9.17) is 28.6 Å². The number of sulfonamides is 1. The van der Waals surface area contributed by atoms with Gasteiger partial charge in [-0.05, 0) is 12.1 Å². The van der Waals surface area contributed by atoms with Crippen molar-refractivity contribution in [3.63, 3.8) is 0 Å². The molecule has 2 N–H and O–H groups in total. The van der Waals surface area contributed by atoms with Gasteiger partial charge in [0.1, 0.15) is 11.5 Å². The van der Waals surface area contributed by atoms with Gasteiger partial charge in [0, 0.05) is 0 Å². The summed E-state index contributed by atoms with van der Waals surface area (Å²) in [4.78, 5) is 2.99. The first-order valence-electron chi connectivity index (χ1n) is 8.33. The summed E-state index contributed by atoms with van der Waals surface area (Å²) in [5.41, 5.74) is -5.84. The molecule has 0 aliphatic carbocycles. The van der Waals surface area contributed by atoms with Crippen molar-refractivity contribution in [1.29, 1.82) is 5.41 Å². The minimum absolute atomic E-state index is 0.0520. The highest BCUT2D eigenvalue weighted by Gasteiger charge is 2.57. The molecule has 0 bridgehead atoms. The number of anilines is 1. The third-order valence-electron chi connectivity index (χ3n) is 4.34. The van der Waals surface area contributed by atoms with Crippen LogP contribution in [0.4, 0.5) is 45.2 Å². The molecule has 1 fully saturated rings. The van der Waals surface area contributed by atoms with Crippen LogP contribution in [0.1, 0.15) is 5.56 Å². The normalized spacial score (nSPS) is 20.5. The highest BCUT2D eigenvalue weighted by molar-refractivity contribution is 7.88. The number of nitrogens with one attached hydrogen (secondary N) is 2. The molecule has 188 valence electrons. The maximum absolute atomic E-state index is 13.6. The standard InChI is InChI=1S/C15H8Cl2F9N5O2S/c1-34(32,33)31-11-7(9(14(21,22)23)28-12(29-11)15(24,25)26)10(27)30(31)8-5(16)2-4(3-6(8)17)13(18,19)20/h2-3,11,27H,1H3,(H,28,29). The van der Waals surface area contributed by atoms with Crippen LogP contribution in [0.5, 0.6) is 0 Å². The summed E-state index contributed by atoms with van der Waals surface area (Å²) in [6, 6.07) is 0.500. The van der Waals surface area contributed by atoms with Gasteiger partial charge in [-0.1, -0.05) is 27.6 Å². The van der Waals surface area contributed by atoms with Crippen molar-refractivity contribution in [2.75, 3.05) is 11.3 Å². The fraction of sp³-hybridized carbons (Fsp3) is 0.333. The topological polar surface area (TPSA) is 88.9 Å². The molecule has 0 amide bonds. The Balaban J connectivity index is 2.36. The fourth-order valence-corrected chi connectivity index (χ4v) is 4.72. The van der Waals surface area contributed by atoms with Crippen LogP contribution in [0.15, 0.2) is 28.4 Å². The van der Waals surface area contributed by atoms with Crippen LogP contribution >= 0.6 is 23.2 Å². The maximum Gasteiger partial charge on any atom is 0.449 e. The van der Waals surface area contributed by atoms with E-state index in [2.05, 4.69) is 4.99 Å². The number of nitrogens with zero attached hydrogens (tertiary/aromatic N) is 3. The molecule has 1 saturated heterocycles. The van der Waals surface area contributed by atoms with Crippen LogP contribution in [0.3, 0.4) is 0 Å². The molecule has 19 heteroatoms. The molecule has 2 heterocycles. The zero-order valence-corrected chi connectivity index (χ0v) is 18.3. The molecular weight excluding hydrogens is 556 g/mol. The van der Waals surface area contributed by atoms with Crippen LogP contribution in [0.25, 0.3) is 0 Å². The molecule has 1 aromatic rings. The van der Waals surface area contributed by atoms with Crippen LogP contribution in [-0.4, -0.2) is 49.3 Å². The Labute approximate surface area is 193 Å². The van der Waals surface area contributed by atoms with Crippen molar-refractivity contribution in [1.82, 2.24) is 9.73 Å². The minimum Gasteiger partial charge on any atom is -0.332 e. The largest absolute Gasteiger partial charge is 0.449 e. The average molecular weight is 564 g/mol. The molecule has 0 saturated carbocycles. The van der Waals surface area contributed by atoms with Gasteiger partial charge in [-0.15, -0.1) is 0 Å². The Kier molecular flexibility index (Phi) is 6.12. The van der Waals surface area contributed by atoms with Gasteiger partial charge in [-0.25, -0.2) is 18.4 Å². The van der Waals surface area contributed by atoms with E-state index in [0.29, 0.717) is 6.26 Å². The smallest absolute Gasteiger partial charge is 0.332 e. The number of rotatable bonds is 2. The number of hydrogen-bond donors (Lipinski definition) is 2. The number of fused-ring (bicyclic) bond motifs is 1. The Morgan fingerprint density at radius 2 is 1.47 bits per heavy atom. The summed E-state index contributed by atoms with van der Waals surface area (Å²) >= 11 is 11.6. The van der Waals surface area contributed by atoms with E-state index in [0.717, 1.165) is 5.32 Å². The SMILES string of the molecule is CS(=O)(=O)N1C2N=C(C(F)(F)F)NC(C(F)(F)F)=C2C(=N)N1c1c(Cl)cc(C(F)(F)F)cc1Cl. The predicted octanol–water partition coefficient (Wildman–Crippen LogP) is 4.69. The van der Waals surface area contributed by atoms with E-state index in [1.165, 1.54) is 0 Å². The number of hydrazine groups is 1. The lowest BCUT2D eigenvalue weighted by molar-refractivity contribution is -0.137. The molecule has 3 rings (SSSR count). The molecule has 34 heavy (non-hydrogen) atoms. The van der Waals surface area contributed by atoms with Gasteiger partial charge in [-0.2, -0.15) is 39.5 Å². The van der Waals surface area contributed by atoms with Crippen LogP contribution in [0.2, 0.25) is 10.0 Å². The highest BCUT2D eigenvalue weighted by atomic mass is 35.5. The van der Waals surface area contributed by atoms with Gasteiger partial charge in [0.05, 0.1) is 33.1 Å². The summed E-state index contributed by atoms with van der Waals surface area (Å²) in [5.74, 6) is -3.62. The van der Waals surface area contributed by atoms with Crippen LogP contribution in [-0.2, 0) is 16.2 Å². The van der Waals surface area contributed by atoms with Gasteiger partial charge in [-0.3, -0.25) is 5.41 Å². The van der Waals surface area contributed by atoms with Gasteiger partial charge < -0.3 is 5.32 Å². The first kappa shape index (κ1) is 26.4. The molecule has 0 radical (unpaired) electrons. The second kappa shape index (κ2) is 7.89. The molecule has 1 aromatic carbocycles. The number of halogens is 11. The number of allylic oxidation sites excluding steroid dienone is 1. The third-order valence-corrected chi connectivity index (χ3v) is 5.96. The van der Waals surface area contributed by atoms with E-state index in [-0.39, 0.29) is 21.6 Å². The number of aliphatic imine (C=N–C) groups is 1. The third kappa shape index (κ3) is 4.52. The Morgan fingerprint density at radius 3 is 1.85 bits per heavy atom. The first-order valence-corrected chi connectivity index (χ1v) is 10.9. The van der Waals surface area contributed by atoms with Gasteiger partial charge in [0.25, 0.3) is 0 Å². The van der Waals surface area contributed by atoms with Gasteiger partial charge >= 0.3 is 18.5 Å². The van der Waals surface area contributed by atoms with Gasteiger partial charge in [0.15, 0.2) is 6.17 Å². The number of benzene rings is 1. The minimum atomic E-state index is -5.56. The summed E-state index contributed by atoms with van der Waals surface area (Å²) in [6.07, 6.45) is -18.3. The lowest BCUT2D eigenvalue weighted by Gasteiger charge is -2.31. The quantitative estimate of drug-likeness (QED) is 0.511. The van der Waals surface area contributed by atoms with E-state index >= 15 is 0 Å². The lowest BCUT2D eigenvalue weighted by atomic mass is 10.1. The van der Waals surface area contributed by atoms with Crippen molar-refractivity contribution >= 4 is 50.6 Å². The average Bonchev–Trinajstić information content (AvgIpc) is 2.91. The Hall–Kier alpha value is -2.24. The second-order valence-electron chi connectivity index (χ2n) is 6.74. The number of alkyl halides is 9. The lowest BCUT2D eigenvalue weighted by Crippen LogP contribution is -2.50. The van der Waals surface area contributed by atoms with E-state index in [9.17, 15) is 47.9 Å². The molecule has 1 atom stereocenters. The second-order valence-corrected chi connectivity index (χ2v) is 9.40. The summed E-state index contributed by atoms with van der Waals surface area (Å²) in [7, 11) is -4.84. The number of hydrogen-bond acceptors (Lipinski definition) is 5. The zero-order valence-electron chi connectivity index (χ0n) is 16.0. The van der Waals surface area contributed by atoms with Crippen LogP contribution in [0, 0.1) is 5.41 Å². The number of amidine groups is 2. The molecule has 0 aromatic heterocycles. The summed E-state index contributed by atoms with van der Waals surface area (Å²) in [5, 5.41) is 7.26. The van der Waals surface area contributed by atoms with E-state index in [1.807, 2.05) is 0 Å². The molecular formula is C15H8Cl2F9N5O2S. The monoisotopic (exact) mass is 563 g/mol. The zero-order chi connectivity index (χ0) is 26.2. The Morgan fingerprint density at radius 1 is 0.971 bits per heavy atom. The predicted molar refractivity (Wildman–Crippen MR) is 102 cm³/mol. The molecule has 1 unspecified atom stereocenters. The van der Waals surface area contributed by atoms with Crippen molar-refractivity contribution in [2.24, 2.45) is 4.99 Å². The van der Waals surface area contributed by atoms with Crippen molar-refractivity contribution < 1.29 is 47.9 Å². The van der Waals surface area contributed by atoms with Gasteiger partial charge in [0.2, 0.25) is 15.9 Å². The van der Waals surface area contributed by atoms with Crippen molar-refractivity contribution in [3.05, 3.63) is 39.0 Å². The van der Waals surface area contributed by atoms with E-state index < -0.39 is 79.0 Å². The fourth-order valence-electron chi connectivity index (χ4n) is 3.10. The van der Waals surface area contributed by atoms with Crippen LogP contribution < -0.4 is 10.3 Å². The maximum atomic E-state index is 13.6. The summed E-state index contributed by atoms with van der Waals surface area (Å²) in [6.45, 7) is 0. The van der Waals surface area contributed by atoms with E-state index in [1.54, 1.807) is 0 Å². The van der Waals surface area contributed by atoms with Crippen molar-refractivity contribution in [2.45, 2.75) is 24.7 Å². The molecule has 7 nitrogen and oxygen atoms in total. The molecule has 0 spiro atoms. The highest BCUT2D eigenvalue weighted by Crippen LogP contribution is 2.47. The molecule has 2 aliphatic rings. The summed E-state index contributed by atoms with van der Waals surface area (Å²) < 4.78 is 144. The van der Waals surface area contributed by atoms with Crippen molar-refractivity contribution in [3.8, 4) is 0 Å².